The Morgan fingerprint density at radius 3 is 3.00 bits per heavy atom. The molecule has 1 aromatic heterocycles. The minimum Gasteiger partial charge on any atom is -0.394 e. The molecule has 1 atom stereocenters. The number of fused-ring (bicyclic) bond motifs is 1. The summed E-state index contributed by atoms with van der Waals surface area (Å²) in [5.74, 6) is 1.89. The summed E-state index contributed by atoms with van der Waals surface area (Å²) in [6.45, 7) is 2.27. The zero-order chi connectivity index (χ0) is 13.2. The van der Waals surface area contributed by atoms with E-state index >= 15 is 0 Å². The Bertz CT molecular complexity index is 577. The topological polar surface area (TPSA) is 50.9 Å². The van der Waals surface area contributed by atoms with Gasteiger partial charge in [-0.3, -0.25) is 0 Å². The molecule has 3 rings (SSSR count). The van der Waals surface area contributed by atoms with Crippen LogP contribution < -0.4 is 0 Å². The van der Waals surface area contributed by atoms with Crippen molar-refractivity contribution in [2.75, 3.05) is 6.61 Å². The van der Waals surface area contributed by atoms with Gasteiger partial charge in [-0.2, -0.15) is 5.10 Å². The van der Waals surface area contributed by atoms with Gasteiger partial charge < -0.3 is 5.11 Å². The van der Waals surface area contributed by atoms with Gasteiger partial charge >= 0.3 is 0 Å². The van der Waals surface area contributed by atoms with Crippen LogP contribution in [0.3, 0.4) is 0 Å². The van der Waals surface area contributed by atoms with E-state index in [0.717, 1.165) is 37.3 Å². The van der Waals surface area contributed by atoms with Gasteiger partial charge in [0.2, 0.25) is 0 Å². The molecular formula is C15H19N3O. The van der Waals surface area contributed by atoms with E-state index in [9.17, 15) is 5.11 Å². The van der Waals surface area contributed by atoms with Crippen molar-refractivity contribution in [1.82, 2.24) is 14.8 Å². The van der Waals surface area contributed by atoms with Crippen molar-refractivity contribution >= 4 is 0 Å². The maximum Gasteiger partial charge on any atom is 0.155 e. The Morgan fingerprint density at radius 1 is 1.37 bits per heavy atom. The van der Waals surface area contributed by atoms with E-state index in [-0.39, 0.29) is 12.6 Å². The van der Waals surface area contributed by atoms with Crippen molar-refractivity contribution in [3.63, 3.8) is 0 Å². The highest BCUT2D eigenvalue weighted by Crippen LogP contribution is 2.23. The second-order valence-corrected chi connectivity index (χ2v) is 5.22. The van der Waals surface area contributed by atoms with Crippen molar-refractivity contribution in [3.8, 4) is 0 Å². The molecule has 0 saturated carbocycles. The van der Waals surface area contributed by atoms with Crippen molar-refractivity contribution < 1.29 is 5.11 Å². The third-order valence-electron chi connectivity index (χ3n) is 3.85. The molecule has 100 valence electrons. The van der Waals surface area contributed by atoms with Gasteiger partial charge in [-0.15, -0.1) is 0 Å². The van der Waals surface area contributed by atoms with Crippen molar-refractivity contribution in [2.24, 2.45) is 0 Å². The number of hydrogen-bond donors (Lipinski definition) is 1. The Hall–Kier alpha value is -1.68. The molecule has 1 aromatic carbocycles. The quantitative estimate of drug-likeness (QED) is 0.915. The van der Waals surface area contributed by atoms with Crippen LogP contribution in [0.4, 0.5) is 0 Å². The third-order valence-corrected chi connectivity index (χ3v) is 3.85. The van der Waals surface area contributed by atoms with Crippen LogP contribution in [0, 0.1) is 6.92 Å². The molecule has 0 amide bonds. The van der Waals surface area contributed by atoms with E-state index in [1.54, 1.807) is 0 Å². The van der Waals surface area contributed by atoms with Crippen LogP contribution >= 0.6 is 0 Å². The molecule has 0 bridgehead atoms. The fourth-order valence-electron chi connectivity index (χ4n) is 2.71. The van der Waals surface area contributed by atoms with Crippen LogP contribution in [-0.2, 0) is 12.8 Å². The number of aliphatic hydroxyl groups excluding tert-OH is 1. The first-order valence-corrected chi connectivity index (χ1v) is 6.87. The molecule has 0 saturated heterocycles. The average molecular weight is 257 g/mol. The highest BCUT2D eigenvalue weighted by atomic mass is 16.3. The number of hydrogen-bond acceptors (Lipinski definition) is 3. The lowest BCUT2D eigenvalue weighted by molar-refractivity contribution is 0.195. The molecule has 0 aliphatic carbocycles. The van der Waals surface area contributed by atoms with Crippen LogP contribution in [0.2, 0.25) is 0 Å². The van der Waals surface area contributed by atoms with Gasteiger partial charge in [-0.25, -0.2) is 9.67 Å². The summed E-state index contributed by atoms with van der Waals surface area (Å²) in [7, 11) is 0. The predicted molar refractivity (Wildman–Crippen MR) is 73.1 cm³/mol. The number of benzene rings is 1. The van der Waals surface area contributed by atoms with Crippen molar-refractivity contribution in [2.45, 2.75) is 38.6 Å². The van der Waals surface area contributed by atoms with E-state index in [2.05, 4.69) is 35.2 Å². The molecular weight excluding hydrogens is 238 g/mol. The van der Waals surface area contributed by atoms with Gasteiger partial charge in [0.05, 0.1) is 12.6 Å². The first-order valence-electron chi connectivity index (χ1n) is 6.87. The van der Waals surface area contributed by atoms with E-state index in [0.29, 0.717) is 0 Å². The van der Waals surface area contributed by atoms with E-state index in [1.165, 1.54) is 11.1 Å². The third kappa shape index (κ3) is 2.40. The molecule has 1 unspecified atom stereocenters. The fourth-order valence-corrected chi connectivity index (χ4v) is 2.71. The maximum absolute atomic E-state index is 9.39. The van der Waals surface area contributed by atoms with Crippen LogP contribution in [-0.4, -0.2) is 26.5 Å². The van der Waals surface area contributed by atoms with Crippen LogP contribution in [0.15, 0.2) is 24.3 Å². The van der Waals surface area contributed by atoms with E-state index < -0.39 is 0 Å². The second-order valence-electron chi connectivity index (χ2n) is 5.22. The van der Waals surface area contributed by atoms with Gasteiger partial charge in [0, 0.05) is 12.8 Å². The SMILES string of the molecule is Cc1ccccc1Cc1nc2n(n1)C(CO)CCC2. The summed E-state index contributed by atoms with van der Waals surface area (Å²) in [4.78, 5) is 4.63. The average Bonchev–Trinajstić information content (AvgIpc) is 2.83. The monoisotopic (exact) mass is 257 g/mol. The summed E-state index contributed by atoms with van der Waals surface area (Å²) in [6.07, 6.45) is 3.83. The Kier molecular flexibility index (Phi) is 3.34. The summed E-state index contributed by atoms with van der Waals surface area (Å²) in [6, 6.07) is 8.45. The zero-order valence-electron chi connectivity index (χ0n) is 11.2. The molecule has 4 nitrogen and oxygen atoms in total. The Morgan fingerprint density at radius 2 is 2.21 bits per heavy atom. The Labute approximate surface area is 113 Å². The smallest absolute Gasteiger partial charge is 0.155 e. The predicted octanol–water partition coefficient (Wildman–Crippen LogP) is 2.05. The van der Waals surface area contributed by atoms with Crippen LogP contribution in [0.5, 0.6) is 0 Å². The minimum absolute atomic E-state index is 0.113. The number of nitrogens with zero attached hydrogens (tertiary/aromatic N) is 3. The number of aryl methyl sites for hydroxylation is 2. The first kappa shape index (κ1) is 12.4. The lowest BCUT2D eigenvalue weighted by atomic mass is 10.1. The van der Waals surface area contributed by atoms with Gasteiger partial charge in [0.15, 0.2) is 5.82 Å². The standard InChI is InChI=1S/C15H19N3O/c1-11-5-2-3-6-12(11)9-14-16-15-8-4-7-13(10-19)18(15)17-14/h2-3,5-6,13,19H,4,7-10H2,1H3. The van der Waals surface area contributed by atoms with Crippen LogP contribution in [0.1, 0.15) is 41.7 Å². The van der Waals surface area contributed by atoms with Crippen molar-refractivity contribution in [3.05, 3.63) is 47.0 Å². The summed E-state index contributed by atoms with van der Waals surface area (Å²) in [5.41, 5.74) is 2.54. The molecule has 1 N–H and O–H groups in total. The van der Waals surface area contributed by atoms with E-state index in [1.807, 2.05) is 10.7 Å². The molecule has 2 aromatic rings. The first-order chi connectivity index (χ1) is 9.28. The normalized spacial score (nSPS) is 18.3. The van der Waals surface area contributed by atoms with Gasteiger partial charge in [-0.1, -0.05) is 24.3 Å². The maximum atomic E-state index is 9.39. The fraction of sp³-hybridized carbons (Fsp3) is 0.467. The lowest BCUT2D eigenvalue weighted by Crippen LogP contribution is -2.22. The Balaban J connectivity index is 1.87. The number of rotatable bonds is 3. The summed E-state index contributed by atoms with van der Waals surface area (Å²) >= 11 is 0. The molecule has 1 aliphatic heterocycles. The molecule has 4 heteroatoms. The molecule has 1 aliphatic rings. The second kappa shape index (κ2) is 5.13. The largest absolute Gasteiger partial charge is 0.394 e. The zero-order valence-corrected chi connectivity index (χ0v) is 11.2. The van der Waals surface area contributed by atoms with Crippen molar-refractivity contribution in [1.29, 1.82) is 0 Å². The molecule has 0 radical (unpaired) electrons. The number of aromatic nitrogens is 3. The highest BCUT2D eigenvalue weighted by molar-refractivity contribution is 5.28. The molecule has 0 spiro atoms. The minimum atomic E-state index is 0.113. The van der Waals surface area contributed by atoms with Gasteiger partial charge in [0.1, 0.15) is 5.82 Å². The summed E-state index contributed by atoms with van der Waals surface area (Å²) in [5, 5.41) is 14.0. The lowest BCUT2D eigenvalue weighted by Gasteiger charge is -2.20. The molecule has 2 heterocycles. The molecule has 0 fully saturated rings. The van der Waals surface area contributed by atoms with Gasteiger partial charge in [-0.05, 0) is 30.9 Å². The number of aliphatic hydroxyl groups is 1. The highest BCUT2D eigenvalue weighted by Gasteiger charge is 2.22. The summed E-state index contributed by atoms with van der Waals surface area (Å²) < 4.78 is 1.93. The van der Waals surface area contributed by atoms with E-state index in [4.69, 9.17) is 0 Å². The molecule has 19 heavy (non-hydrogen) atoms. The van der Waals surface area contributed by atoms with Crippen LogP contribution in [0.25, 0.3) is 0 Å². The van der Waals surface area contributed by atoms with Gasteiger partial charge in [0.25, 0.3) is 0 Å².